The molecule has 0 unspecified atom stereocenters. The van der Waals surface area contributed by atoms with Gasteiger partial charge in [-0.2, -0.15) is 5.10 Å². The quantitative estimate of drug-likeness (QED) is 0.668. The van der Waals surface area contributed by atoms with E-state index in [1.165, 1.54) is 5.01 Å². The van der Waals surface area contributed by atoms with E-state index < -0.39 is 0 Å². The molecule has 1 fully saturated rings. The number of hydrazone groups is 1. The average molecular weight is 451 g/mol. The Balaban J connectivity index is 1.41. The SMILES string of the molecule is COc1ccc(C2=NN(Cc3ccc(NC(=O)CN4CCCC4)cc3)C(=O)CC2)cc1OC. The highest BCUT2D eigenvalue weighted by Crippen LogP contribution is 2.29. The molecule has 0 aliphatic carbocycles. The van der Waals surface area contributed by atoms with Gasteiger partial charge in [-0.1, -0.05) is 12.1 Å². The van der Waals surface area contributed by atoms with E-state index in [0.717, 1.165) is 48.5 Å². The van der Waals surface area contributed by atoms with E-state index in [2.05, 4.69) is 15.3 Å². The summed E-state index contributed by atoms with van der Waals surface area (Å²) < 4.78 is 10.7. The Bertz CT molecular complexity index is 1030. The first-order chi connectivity index (χ1) is 16.1. The highest BCUT2D eigenvalue weighted by atomic mass is 16.5. The topological polar surface area (TPSA) is 83.5 Å². The minimum atomic E-state index is -0.0118. The third-order valence-electron chi connectivity index (χ3n) is 5.96. The van der Waals surface area contributed by atoms with Crippen molar-refractivity contribution < 1.29 is 19.1 Å². The zero-order chi connectivity index (χ0) is 23.2. The van der Waals surface area contributed by atoms with Gasteiger partial charge in [-0.25, -0.2) is 5.01 Å². The summed E-state index contributed by atoms with van der Waals surface area (Å²) in [5, 5.41) is 9.07. The molecule has 2 amide bonds. The number of nitrogens with one attached hydrogen (secondary N) is 1. The van der Waals surface area contributed by atoms with Crippen LogP contribution < -0.4 is 14.8 Å². The number of anilines is 1. The summed E-state index contributed by atoms with van der Waals surface area (Å²) in [7, 11) is 3.19. The van der Waals surface area contributed by atoms with Crippen LogP contribution in [0.5, 0.6) is 11.5 Å². The van der Waals surface area contributed by atoms with Crippen molar-refractivity contribution in [2.45, 2.75) is 32.2 Å². The molecule has 0 saturated carbocycles. The van der Waals surface area contributed by atoms with Gasteiger partial charge in [-0.05, 0) is 61.8 Å². The lowest BCUT2D eigenvalue weighted by Gasteiger charge is -2.24. The van der Waals surface area contributed by atoms with Crippen molar-refractivity contribution in [2.24, 2.45) is 5.10 Å². The summed E-state index contributed by atoms with van der Waals surface area (Å²) in [5.74, 6) is 1.27. The molecule has 2 heterocycles. The Kier molecular flexibility index (Phi) is 7.24. The number of ether oxygens (including phenoxy) is 2. The van der Waals surface area contributed by atoms with Crippen LogP contribution in [0.15, 0.2) is 47.6 Å². The van der Waals surface area contributed by atoms with Crippen LogP contribution in [0.25, 0.3) is 0 Å². The third kappa shape index (κ3) is 5.70. The maximum atomic E-state index is 12.5. The maximum absolute atomic E-state index is 12.5. The van der Waals surface area contributed by atoms with Gasteiger partial charge in [0.25, 0.3) is 0 Å². The number of carbonyl (C=O) groups is 2. The van der Waals surface area contributed by atoms with Crippen molar-refractivity contribution in [3.8, 4) is 11.5 Å². The Hall–Kier alpha value is -3.39. The van der Waals surface area contributed by atoms with Gasteiger partial charge in [0.2, 0.25) is 11.8 Å². The van der Waals surface area contributed by atoms with E-state index in [-0.39, 0.29) is 11.8 Å². The predicted molar refractivity (Wildman–Crippen MR) is 127 cm³/mol. The lowest BCUT2D eigenvalue weighted by molar-refractivity contribution is -0.132. The van der Waals surface area contributed by atoms with Gasteiger partial charge in [0.15, 0.2) is 11.5 Å². The lowest BCUT2D eigenvalue weighted by atomic mass is 10.0. The molecule has 1 N–H and O–H groups in total. The molecule has 0 bridgehead atoms. The Morgan fingerprint density at radius 1 is 1.00 bits per heavy atom. The average Bonchev–Trinajstić information content (AvgIpc) is 3.34. The number of rotatable bonds is 8. The van der Waals surface area contributed by atoms with Gasteiger partial charge in [-0.3, -0.25) is 14.5 Å². The second-order valence-electron chi connectivity index (χ2n) is 8.30. The zero-order valence-electron chi connectivity index (χ0n) is 19.2. The molecule has 2 aliphatic rings. The molecular formula is C25H30N4O4. The molecule has 0 atom stereocenters. The molecule has 2 aromatic carbocycles. The molecule has 1 saturated heterocycles. The first kappa shape index (κ1) is 22.8. The van der Waals surface area contributed by atoms with E-state index in [9.17, 15) is 9.59 Å². The summed E-state index contributed by atoms with van der Waals surface area (Å²) in [5.41, 5.74) is 3.43. The normalized spacial score (nSPS) is 16.5. The number of nitrogens with zero attached hydrogens (tertiary/aromatic N) is 3. The molecule has 8 nitrogen and oxygen atoms in total. The van der Waals surface area contributed by atoms with Crippen molar-refractivity contribution in [1.29, 1.82) is 0 Å². The van der Waals surface area contributed by atoms with Crippen LogP contribution in [0.2, 0.25) is 0 Å². The van der Waals surface area contributed by atoms with Gasteiger partial charge in [-0.15, -0.1) is 0 Å². The lowest BCUT2D eigenvalue weighted by Crippen LogP contribution is -2.31. The molecular weight excluding hydrogens is 420 g/mol. The van der Waals surface area contributed by atoms with Gasteiger partial charge in [0.05, 0.1) is 33.0 Å². The minimum absolute atomic E-state index is 0.0000184. The Morgan fingerprint density at radius 2 is 1.73 bits per heavy atom. The summed E-state index contributed by atoms with van der Waals surface area (Å²) in [6.45, 7) is 2.78. The number of hydrogen-bond donors (Lipinski definition) is 1. The molecule has 0 radical (unpaired) electrons. The van der Waals surface area contributed by atoms with Crippen LogP contribution >= 0.6 is 0 Å². The smallest absolute Gasteiger partial charge is 0.243 e. The fourth-order valence-corrected chi connectivity index (χ4v) is 4.16. The van der Waals surface area contributed by atoms with Crippen molar-refractivity contribution >= 4 is 23.2 Å². The van der Waals surface area contributed by atoms with Crippen LogP contribution in [-0.2, 0) is 16.1 Å². The number of amides is 2. The number of carbonyl (C=O) groups excluding carboxylic acids is 2. The second-order valence-corrected chi connectivity index (χ2v) is 8.30. The molecule has 0 spiro atoms. The first-order valence-electron chi connectivity index (χ1n) is 11.3. The van der Waals surface area contributed by atoms with E-state index in [1.54, 1.807) is 14.2 Å². The first-order valence-corrected chi connectivity index (χ1v) is 11.3. The highest BCUT2D eigenvalue weighted by Gasteiger charge is 2.22. The van der Waals surface area contributed by atoms with Crippen LogP contribution in [0.1, 0.15) is 36.8 Å². The van der Waals surface area contributed by atoms with E-state index in [1.807, 2.05) is 42.5 Å². The molecule has 0 aromatic heterocycles. The highest BCUT2D eigenvalue weighted by molar-refractivity contribution is 6.04. The third-order valence-corrected chi connectivity index (χ3v) is 5.96. The monoisotopic (exact) mass is 450 g/mol. The number of benzene rings is 2. The minimum Gasteiger partial charge on any atom is -0.493 e. The molecule has 2 aromatic rings. The summed E-state index contributed by atoms with van der Waals surface area (Å²) >= 11 is 0. The van der Waals surface area contributed by atoms with Crippen molar-refractivity contribution in [3.63, 3.8) is 0 Å². The van der Waals surface area contributed by atoms with E-state index >= 15 is 0 Å². The van der Waals surface area contributed by atoms with E-state index in [0.29, 0.717) is 37.4 Å². The van der Waals surface area contributed by atoms with Gasteiger partial charge in [0, 0.05) is 24.1 Å². The van der Waals surface area contributed by atoms with Gasteiger partial charge < -0.3 is 14.8 Å². The van der Waals surface area contributed by atoms with Gasteiger partial charge in [0.1, 0.15) is 0 Å². The fraction of sp³-hybridized carbons (Fsp3) is 0.400. The summed E-state index contributed by atoms with van der Waals surface area (Å²) in [6, 6.07) is 13.2. The standard InChI is InChI=1S/C25H30N4O4/c1-32-22-11-7-19(15-23(22)33-2)21-10-12-25(31)29(27-21)16-18-5-8-20(9-6-18)26-24(30)17-28-13-3-4-14-28/h5-9,11,15H,3-4,10,12-14,16-17H2,1-2H3,(H,26,30). The Morgan fingerprint density at radius 3 is 2.42 bits per heavy atom. The molecule has 174 valence electrons. The molecule has 2 aliphatic heterocycles. The van der Waals surface area contributed by atoms with Gasteiger partial charge >= 0.3 is 0 Å². The summed E-state index contributed by atoms with van der Waals surface area (Å²) in [6.07, 6.45) is 3.30. The van der Waals surface area contributed by atoms with Crippen LogP contribution in [0, 0.1) is 0 Å². The second kappa shape index (κ2) is 10.5. The van der Waals surface area contributed by atoms with Crippen molar-refractivity contribution in [3.05, 3.63) is 53.6 Å². The maximum Gasteiger partial charge on any atom is 0.243 e. The zero-order valence-corrected chi connectivity index (χ0v) is 19.2. The fourth-order valence-electron chi connectivity index (χ4n) is 4.16. The van der Waals surface area contributed by atoms with Crippen LogP contribution in [0.4, 0.5) is 5.69 Å². The number of methoxy groups -OCH3 is 2. The number of hydrogen-bond acceptors (Lipinski definition) is 6. The molecule has 8 heteroatoms. The van der Waals surface area contributed by atoms with Crippen molar-refractivity contribution in [1.82, 2.24) is 9.91 Å². The summed E-state index contributed by atoms with van der Waals surface area (Å²) in [4.78, 5) is 26.9. The van der Waals surface area contributed by atoms with Crippen molar-refractivity contribution in [2.75, 3.05) is 39.2 Å². The number of likely N-dealkylation sites (tertiary alicyclic amines) is 1. The molecule has 4 rings (SSSR count). The predicted octanol–water partition coefficient (Wildman–Crippen LogP) is 3.26. The van der Waals surface area contributed by atoms with Crippen LogP contribution in [0.3, 0.4) is 0 Å². The van der Waals surface area contributed by atoms with Crippen LogP contribution in [-0.4, -0.2) is 61.3 Å². The van der Waals surface area contributed by atoms with E-state index in [4.69, 9.17) is 9.47 Å². The Labute approximate surface area is 194 Å². The largest absolute Gasteiger partial charge is 0.493 e. The molecule has 33 heavy (non-hydrogen) atoms.